The Morgan fingerprint density at radius 3 is 1.58 bits per heavy atom. The summed E-state index contributed by atoms with van der Waals surface area (Å²) in [6, 6.07) is 1.70. The van der Waals surface area contributed by atoms with Gasteiger partial charge in [0.1, 0.15) is 16.7 Å². The topological polar surface area (TPSA) is 159 Å². The minimum atomic E-state index is -4.64. The van der Waals surface area contributed by atoms with Crippen molar-refractivity contribution >= 4 is 17.9 Å². The van der Waals surface area contributed by atoms with Gasteiger partial charge in [0, 0.05) is 36.3 Å². The lowest BCUT2D eigenvalue weighted by Crippen LogP contribution is -2.50. The Balaban J connectivity index is 0.000000230. The Labute approximate surface area is 340 Å². The summed E-state index contributed by atoms with van der Waals surface area (Å²) >= 11 is 0. The van der Waals surface area contributed by atoms with Crippen LogP contribution in [0.1, 0.15) is 121 Å². The second-order valence-electron chi connectivity index (χ2n) is 18.2. The normalized spacial score (nSPS) is 24.7. The van der Waals surface area contributed by atoms with E-state index < -0.39 is 46.0 Å². The molecule has 0 bridgehead atoms. The number of nitrogens with one attached hydrogen (secondary N) is 1. The lowest BCUT2D eigenvalue weighted by molar-refractivity contribution is -0.616. The molecule has 2 aromatic rings. The van der Waals surface area contributed by atoms with Crippen LogP contribution in [0.3, 0.4) is 0 Å². The minimum absolute atomic E-state index is 0.0286. The lowest BCUT2D eigenvalue weighted by Gasteiger charge is -2.39. The van der Waals surface area contributed by atoms with Crippen LogP contribution in [-0.4, -0.2) is 58.5 Å². The zero-order chi connectivity index (χ0) is 44.0. The number of aromatic nitrogens is 2. The Morgan fingerprint density at radius 1 is 0.780 bits per heavy atom. The predicted octanol–water partition coefficient (Wildman–Crippen LogP) is 6.32. The van der Waals surface area contributed by atoms with Gasteiger partial charge in [-0.15, -0.1) is 0 Å². The molecule has 4 aliphatic rings. The van der Waals surface area contributed by atoms with Gasteiger partial charge in [0.25, 0.3) is 0 Å². The van der Waals surface area contributed by atoms with E-state index in [0.29, 0.717) is 61.5 Å². The van der Waals surface area contributed by atoms with E-state index in [2.05, 4.69) is 5.32 Å². The molecular weight excluding hydrogens is 786 g/mol. The van der Waals surface area contributed by atoms with Gasteiger partial charge in [-0.25, -0.2) is 4.79 Å². The third-order valence-electron chi connectivity index (χ3n) is 12.6. The molecule has 6 rings (SSSR count). The molecule has 0 spiro atoms. The minimum Gasteiger partial charge on any atom is -0.618 e. The third-order valence-corrected chi connectivity index (χ3v) is 12.6. The fourth-order valence-electron chi connectivity index (χ4n) is 9.18. The number of halogens is 6. The summed E-state index contributed by atoms with van der Waals surface area (Å²) in [5, 5.41) is 27.0. The van der Waals surface area contributed by atoms with Crippen molar-refractivity contribution in [2.24, 2.45) is 28.4 Å². The van der Waals surface area contributed by atoms with E-state index >= 15 is 0 Å². The second kappa shape index (κ2) is 16.6. The SMILES string of the molecule is CC(C)[C@]1(C(=O)N2CCc3c(cc(C(F)(F)F)c[n+]3[O-])C2)CC[C@@H](N)C1.CC(C)[C@]1(C(=O)N2CCc3c(cc(C(F)(F)F)c[n+]3[O-])C2)CC[C@@H](NC(=O)OC(C)(C)C)C1. The van der Waals surface area contributed by atoms with Gasteiger partial charge in [-0.3, -0.25) is 9.59 Å². The van der Waals surface area contributed by atoms with E-state index in [0.717, 1.165) is 18.6 Å². The molecule has 328 valence electrons. The van der Waals surface area contributed by atoms with Crippen molar-refractivity contribution in [3.8, 4) is 0 Å². The molecule has 3 amide bonds. The molecular formula is C41H56F6N6O6. The number of carbonyl (C=O) groups is 3. The lowest BCUT2D eigenvalue weighted by atomic mass is 9.74. The highest BCUT2D eigenvalue weighted by atomic mass is 19.4. The molecule has 4 atom stereocenters. The van der Waals surface area contributed by atoms with Crippen molar-refractivity contribution < 1.29 is 54.9 Å². The number of rotatable bonds is 5. The summed E-state index contributed by atoms with van der Waals surface area (Å²) in [6.45, 7) is 13.8. The summed E-state index contributed by atoms with van der Waals surface area (Å²) in [5.41, 5.74) is 3.16. The molecule has 3 N–H and O–H groups in total. The van der Waals surface area contributed by atoms with E-state index in [4.69, 9.17) is 10.5 Å². The van der Waals surface area contributed by atoms with Crippen LogP contribution in [0.2, 0.25) is 0 Å². The number of ether oxygens (including phenoxy) is 1. The van der Waals surface area contributed by atoms with Crippen LogP contribution in [0.5, 0.6) is 0 Å². The van der Waals surface area contributed by atoms with E-state index in [1.165, 1.54) is 0 Å². The van der Waals surface area contributed by atoms with Gasteiger partial charge in [0.05, 0.1) is 36.8 Å². The predicted molar refractivity (Wildman–Crippen MR) is 202 cm³/mol. The second-order valence-corrected chi connectivity index (χ2v) is 18.2. The summed E-state index contributed by atoms with van der Waals surface area (Å²) in [6.07, 6.45) is -4.56. The van der Waals surface area contributed by atoms with Crippen LogP contribution < -0.4 is 20.5 Å². The molecule has 59 heavy (non-hydrogen) atoms. The molecule has 4 heterocycles. The van der Waals surface area contributed by atoms with Crippen molar-refractivity contribution in [3.05, 3.63) is 68.6 Å². The smallest absolute Gasteiger partial charge is 0.422 e. The van der Waals surface area contributed by atoms with Crippen LogP contribution in [0, 0.1) is 33.1 Å². The maximum atomic E-state index is 13.7. The molecule has 18 heteroatoms. The van der Waals surface area contributed by atoms with Gasteiger partial charge in [-0.05, 0) is 83.3 Å². The Hall–Kier alpha value is -4.35. The van der Waals surface area contributed by atoms with Gasteiger partial charge in [0.2, 0.25) is 11.8 Å². The van der Waals surface area contributed by atoms with Crippen molar-refractivity contribution in [1.29, 1.82) is 0 Å². The van der Waals surface area contributed by atoms with E-state index in [-0.39, 0.29) is 89.8 Å². The Bertz CT molecular complexity index is 1920. The Morgan fingerprint density at radius 2 is 1.20 bits per heavy atom. The van der Waals surface area contributed by atoms with Crippen molar-refractivity contribution in [3.63, 3.8) is 0 Å². The molecule has 12 nitrogen and oxygen atoms in total. The summed E-state index contributed by atoms with van der Waals surface area (Å²) < 4.78 is 84.4. The first kappa shape index (κ1) is 45.7. The van der Waals surface area contributed by atoms with Crippen LogP contribution >= 0.6 is 0 Å². The number of carbonyl (C=O) groups excluding carboxylic acids is 3. The van der Waals surface area contributed by atoms with Crippen LogP contribution in [0.25, 0.3) is 0 Å². The van der Waals surface area contributed by atoms with E-state index in [9.17, 15) is 51.1 Å². The van der Waals surface area contributed by atoms with Crippen molar-refractivity contribution in [2.75, 3.05) is 13.1 Å². The first-order chi connectivity index (χ1) is 27.2. The number of pyridine rings is 2. The van der Waals surface area contributed by atoms with Crippen LogP contribution in [0.4, 0.5) is 31.1 Å². The van der Waals surface area contributed by atoms with Gasteiger partial charge < -0.3 is 36.0 Å². The monoisotopic (exact) mass is 842 g/mol. The molecule has 2 fully saturated rings. The van der Waals surface area contributed by atoms with Crippen molar-refractivity contribution in [1.82, 2.24) is 15.1 Å². The molecule has 2 aromatic heterocycles. The molecule has 2 aliphatic heterocycles. The van der Waals surface area contributed by atoms with E-state index in [1.807, 2.05) is 27.7 Å². The third kappa shape index (κ3) is 9.83. The summed E-state index contributed by atoms with van der Waals surface area (Å²) in [4.78, 5) is 42.3. The highest BCUT2D eigenvalue weighted by Crippen LogP contribution is 2.48. The number of alkyl carbamates (subject to hydrolysis) is 1. The number of amides is 3. The van der Waals surface area contributed by atoms with Crippen LogP contribution in [-0.2, 0) is 52.6 Å². The van der Waals surface area contributed by atoms with Gasteiger partial charge in [0.15, 0.2) is 23.8 Å². The maximum Gasteiger partial charge on any atom is 0.422 e. The first-order valence-corrected chi connectivity index (χ1v) is 20.1. The molecule has 0 saturated heterocycles. The number of fused-ring (bicyclic) bond motifs is 2. The largest absolute Gasteiger partial charge is 0.618 e. The average molecular weight is 843 g/mol. The number of nitrogens with zero attached hydrogens (tertiary/aromatic N) is 4. The summed E-state index contributed by atoms with van der Waals surface area (Å²) in [7, 11) is 0. The van der Waals surface area contributed by atoms with Gasteiger partial charge in [-0.1, -0.05) is 27.7 Å². The first-order valence-electron chi connectivity index (χ1n) is 20.1. The fourth-order valence-corrected chi connectivity index (χ4v) is 9.18. The number of hydrogen-bond acceptors (Lipinski definition) is 7. The Kier molecular flexibility index (Phi) is 12.9. The molecule has 0 aromatic carbocycles. The fraction of sp³-hybridized carbons (Fsp3) is 0.683. The molecule has 2 aliphatic carbocycles. The summed E-state index contributed by atoms with van der Waals surface area (Å²) in [5.74, 6) is -0.147. The number of hydrogen-bond donors (Lipinski definition) is 2. The number of nitrogens with two attached hydrogens (primary N) is 1. The van der Waals surface area contributed by atoms with Gasteiger partial charge >= 0.3 is 18.4 Å². The molecule has 2 saturated carbocycles. The number of alkyl halides is 6. The van der Waals surface area contributed by atoms with Gasteiger partial charge in [-0.2, -0.15) is 35.8 Å². The highest BCUT2D eigenvalue weighted by molar-refractivity contribution is 5.84. The van der Waals surface area contributed by atoms with Crippen molar-refractivity contribution in [2.45, 2.75) is 143 Å². The molecule has 0 radical (unpaired) electrons. The molecule has 0 unspecified atom stereocenters. The average Bonchev–Trinajstić information content (AvgIpc) is 3.74. The van der Waals surface area contributed by atoms with E-state index in [1.54, 1.807) is 30.6 Å². The zero-order valence-corrected chi connectivity index (χ0v) is 34.7. The zero-order valence-electron chi connectivity index (χ0n) is 34.7. The highest BCUT2D eigenvalue weighted by Gasteiger charge is 2.51. The maximum absolute atomic E-state index is 13.7. The van der Waals surface area contributed by atoms with Crippen LogP contribution in [0.15, 0.2) is 24.5 Å². The quantitative estimate of drug-likeness (QED) is 0.203. The standard InChI is InChI=1S/C23H32F3N3O4.C18H24F3N3O2/c1-14(2)22(8-6-17(11-22)27-20(31)33-21(3,4)5)19(30)28-9-7-18-15(12-28)10-16(13-29(18)32)23(24,25)26;1-11(2)17(5-3-14(22)8-17)16(25)23-6-4-15-12(9-23)7-13(10-24(15)26)18(19,20)21/h10,13-14,17H,6-9,11-12H2,1-5H3,(H,27,31);7,10-11,14H,3-6,8-9,22H2,1-2H3/t17-,22+;14-,17+/m11/s1.